The van der Waals surface area contributed by atoms with Crippen LogP contribution < -0.4 is 15.8 Å². The third-order valence-corrected chi connectivity index (χ3v) is 3.84. The molecule has 3 N–H and O–H groups in total. The van der Waals surface area contributed by atoms with Crippen molar-refractivity contribution in [2.75, 3.05) is 11.9 Å². The molecule has 0 atom stereocenters. The Labute approximate surface area is 151 Å². The van der Waals surface area contributed by atoms with Crippen LogP contribution in [0.15, 0.2) is 28.7 Å². The largest absolute Gasteiger partial charge is 0.493 e. The second kappa shape index (κ2) is 8.33. The first-order valence-corrected chi connectivity index (χ1v) is 8.23. The topological polar surface area (TPSA) is 112 Å². The van der Waals surface area contributed by atoms with Gasteiger partial charge >= 0.3 is 0 Å². The van der Waals surface area contributed by atoms with Crippen molar-refractivity contribution in [3.8, 4) is 5.75 Å². The van der Waals surface area contributed by atoms with Crippen LogP contribution in [0.25, 0.3) is 0 Å². The van der Waals surface area contributed by atoms with Gasteiger partial charge < -0.3 is 14.9 Å². The number of carbonyl (C=O) groups excluding carboxylic acids is 3. The highest BCUT2D eigenvalue weighted by Gasteiger charge is 2.25. The summed E-state index contributed by atoms with van der Waals surface area (Å²) in [4.78, 5) is 35.4. The summed E-state index contributed by atoms with van der Waals surface area (Å²) in [6.07, 6.45) is 0.643. The molecule has 0 unspecified atom stereocenters. The maximum absolute atomic E-state index is 12.1. The highest BCUT2D eigenvalue weighted by atomic mass is 16.5. The zero-order valence-corrected chi connectivity index (χ0v) is 15.0. The summed E-state index contributed by atoms with van der Waals surface area (Å²) in [5.74, 6) is -0.617. The molecule has 2 aromatic rings. The molecule has 0 aliphatic rings. The number of rotatable bonds is 8. The molecular weight excluding hydrogens is 336 g/mol. The number of ether oxygens (including phenoxy) is 1. The minimum atomic E-state index is -0.828. The zero-order valence-electron chi connectivity index (χ0n) is 15.0. The van der Waals surface area contributed by atoms with Gasteiger partial charge in [-0.2, -0.15) is 0 Å². The van der Waals surface area contributed by atoms with Crippen LogP contribution in [-0.2, 0) is 4.79 Å². The number of hydrogen-bond acceptors (Lipinski definition) is 5. The maximum atomic E-state index is 12.1. The van der Waals surface area contributed by atoms with Crippen LogP contribution in [0.2, 0.25) is 0 Å². The van der Waals surface area contributed by atoms with Gasteiger partial charge in [0, 0.05) is 6.42 Å². The number of amides is 2. The van der Waals surface area contributed by atoms with Crippen LogP contribution in [0, 0.1) is 13.8 Å². The molecule has 0 spiro atoms. The summed E-state index contributed by atoms with van der Waals surface area (Å²) in [6, 6.07) is 7.61. The molecule has 1 heterocycles. The SMILES string of the molecule is CC(=O)c1c(C)oc(NC(=O)CCCOc2ccccc2C)c1C(N)=O. The minimum absolute atomic E-state index is 0.0926. The average molecular weight is 358 g/mol. The fourth-order valence-corrected chi connectivity index (χ4v) is 2.61. The Hall–Kier alpha value is -3.09. The van der Waals surface area contributed by atoms with E-state index in [1.165, 1.54) is 13.8 Å². The Morgan fingerprint density at radius 2 is 1.85 bits per heavy atom. The van der Waals surface area contributed by atoms with E-state index in [2.05, 4.69) is 5.32 Å². The van der Waals surface area contributed by atoms with E-state index in [0.29, 0.717) is 13.0 Å². The lowest BCUT2D eigenvalue weighted by Crippen LogP contribution is -2.19. The van der Waals surface area contributed by atoms with Gasteiger partial charge in [0.2, 0.25) is 11.8 Å². The Balaban J connectivity index is 1.94. The van der Waals surface area contributed by atoms with Crippen LogP contribution in [0.1, 0.15) is 51.8 Å². The van der Waals surface area contributed by atoms with Crippen molar-refractivity contribution >= 4 is 23.5 Å². The highest BCUT2D eigenvalue weighted by molar-refractivity contribution is 6.11. The van der Waals surface area contributed by atoms with E-state index in [1.807, 2.05) is 31.2 Å². The fraction of sp³-hybridized carbons (Fsp3) is 0.316. The molecule has 0 bridgehead atoms. The number of furan rings is 1. The number of benzene rings is 1. The molecule has 1 aromatic heterocycles. The number of nitrogens with one attached hydrogen (secondary N) is 1. The average Bonchev–Trinajstić information content (AvgIpc) is 2.89. The number of anilines is 1. The van der Waals surface area contributed by atoms with Crippen molar-refractivity contribution in [3.05, 3.63) is 46.7 Å². The van der Waals surface area contributed by atoms with E-state index in [0.717, 1.165) is 11.3 Å². The molecule has 0 saturated carbocycles. The van der Waals surface area contributed by atoms with Gasteiger partial charge in [-0.25, -0.2) is 0 Å². The van der Waals surface area contributed by atoms with E-state index < -0.39 is 5.91 Å². The molecule has 2 amide bonds. The summed E-state index contributed by atoms with van der Waals surface area (Å²) >= 11 is 0. The summed E-state index contributed by atoms with van der Waals surface area (Å²) in [5, 5.41) is 2.50. The predicted octanol–water partition coefficient (Wildman–Crippen LogP) is 3.00. The number of Topliss-reactive ketones (excluding diaryl/α,β-unsaturated/α-hetero) is 1. The second-order valence-corrected chi connectivity index (χ2v) is 5.92. The molecule has 0 fully saturated rings. The normalized spacial score (nSPS) is 10.4. The molecule has 26 heavy (non-hydrogen) atoms. The summed E-state index contributed by atoms with van der Waals surface area (Å²) in [5.41, 5.74) is 6.33. The molecule has 0 saturated heterocycles. The molecule has 0 aliphatic carbocycles. The third-order valence-electron chi connectivity index (χ3n) is 3.84. The number of carbonyl (C=O) groups is 3. The predicted molar refractivity (Wildman–Crippen MR) is 96.5 cm³/mol. The monoisotopic (exact) mass is 358 g/mol. The van der Waals surface area contributed by atoms with E-state index in [-0.39, 0.29) is 40.9 Å². The van der Waals surface area contributed by atoms with Crippen molar-refractivity contribution in [2.45, 2.75) is 33.6 Å². The smallest absolute Gasteiger partial charge is 0.255 e. The van der Waals surface area contributed by atoms with Crippen molar-refractivity contribution in [1.82, 2.24) is 0 Å². The third kappa shape index (κ3) is 4.50. The summed E-state index contributed by atoms with van der Waals surface area (Å²) in [6.45, 7) is 5.16. The minimum Gasteiger partial charge on any atom is -0.493 e. The molecule has 0 aliphatic heterocycles. The molecular formula is C19H22N2O5. The Bertz CT molecular complexity index is 838. The van der Waals surface area contributed by atoms with Gasteiger partial charge in [-0.1, -0.05) is 18.2 Å². The van der Waals surface area contributed by atoms with Crippen LogP contribution in [0.4, 0.5) is 5.88 Å². The van der Waals surface area contributed by atoms with E-state index in [9.17, 15) is 14.4 Å². The standard InChI is InChI=1S/C19H22N2O5/c1-11-7-4-5-8-14(11)25-10-6-9-15(23)21-19-17(18(20)24)16(12(2)22)13(3)26-19/h4-5,7-8H,6,9-10H2,1-3H3,(H2,20,24)(H,21,23). The van der Waals surface area contributed by atoms with Crippen LogP contribution in [0.5, 0.6) is 5.75 Å². The first-order chi connectivity index (χ1) is 12.3. The summed E-state index contributed by atoms with van der Waals surface area (Å²) in [7, 11) is 0. The Morgan fingerprint density at radius 3 is 2.46 bits per heavy atom. The van der Waals surface area contributed by atoms with Crippen molar-refractivity contribution in [3.63, 3.8) is 0 Å². The van der Waals surface area contributed by atoms with Gasteiger partial charge in [0.05, 0.1) is 12.2 Å². The van der Waals surface area contributed by atoms with Crippen LogP contribution in [0.3, 0.4) is 0 Å². The number of para-hydroxylation sites is 1. The second-order valence-electron chi connectivity index (χ2n) is 5.92. The molecule has 0 radical (unpaired) electrons. The quantitative estimate of drug-likeness (QED) is 0.556. The molecule has 2 rings (SSSR count). The molecule has 7 nitrogen and oxygen atoms in total. The van der Waals surface area contributed by atoms with E-state index >= 15 is 0 Å². The van der Waals surface area contributed by atoms with Gasteiger partial charge in [-0.05, 0) is 38.8 Å². The number of primary amides is 1. The van der Waals surface area contributed by atoms with Crippen molar-refractivity contribution in [2.24, 2.45) is 5.73 Å². The van der Waals surface area contributed by atoms with E-state index in [1.54, 1.807) is 0 Å². The zero-order chi connectivity index (χ0) is 19.3. The van der Waals surface area contributed by atoms with Crippen molar-refractivity contribution in [1.29, 1.82) is 0 Å². The fourth-order valence-electron chi connectivity index (χ4n) is 2.61. The maximum Gasteiger partial charge on any atom is 0.255 e. The number of hydrogen-bond donors (Lipinski definition) is 2. The first kappa shape index (κ1) is 19.2. The number of aryl methyl sites for hydroxylation is 2. The molecule has 138 valence electrons. The highest BCUT2D eigenvalue weighted by Crippen LogP contribution is 2.27. The summed E-state index contributed by atoms with van der Waals surface area (Å²) < 4.78 is 11.0. The van der Waals surface area contributed by atoms with Crippen molar-refractivity contribution < 1.29 is 23.5 Å². The van der Waals surface area contributed by atoms with Crippen LogP contribution in [-0.4, -0.2) is 24.2 Å². The molecule has 7 heteroatoms. The van der Waals surface area contributed by atoms with Gasteiger partial charge in [-0.15, -0.1) is 0 Å². The number of nitrogens with two attached hydrogens (primary N) is 1. The van der Waals surface area contributed by atoms with Gasteiger partial charge in [0.1, 0.15) is 17.1 Å². The van der Waals surface area contributed by atoms with Gasteiger partial charge in [-0.3, -0.25) is 19.7 Å². The van der Waals surface area contributed by atoms with Crippen LogP contribution >= 0.6 is 0 Å². The van der Waals surface area contributed by atoms with Gasteiger partial charge in [0.25, 0.3) is 5.91 Å². The van der Waals surface area contributed by atoms with Gasteiger partial charge in [0.15, 0.2) is 5.78 Å². The Morgan fingerprint density at radius 1 is 1.15 bits per heavy atom. The van der Waals surface area contributed by atoms with E-state index in [4.69, 9.17) is 14.9 Å². The molecule has 1 aromatic carbocycles. The lowest BCUT2D eigenvalue weighted by atomic mass is 10.1. The lowest BCUT2D eigenvalue weighted by Gasteiger charge is -2.08. The number of ketones is 1. The Kier molecular flexibility index (Phi) is 6.16. The first-order valence-electron chi connectivity index (χ1n) is 8.23. The lowest BCUT2D eigenvalue weighted by molar-refractivity contribution is -0.116.